The topological polar surface area (TPSA) is 83.1 Å². The lowest BCUT2D eigenvalue weighted by molar-refractivity contribution is 0.0385. The molecule has 0 saturated carbocycles. The minimum atomic E-state index is -0.528. The first kappa shape index (κ1) is 23.9. The lowest BCUT2D eigenvalue weighted by Gasteiger charge is -2.26. The van der Waals surface area contributed by atoms with Crippen LogP contribution in [0.5, 0.6) is 5.75 Å². The minimum Gasteiger partial charge on any atom is -0.489 e. The molecule has 1 amide bonds. The number of amides is 1. The fourth-order valence-corrected chi connectivity index (χ4v) is 3.98. The van der Waals surface area contributed by atoms with Crippen LogP contribution < -0.4 is 15.5 Å². The van der Waals surface area contributed by atoms with Crippen LogP contribution in [0.3, 0.4) is 0 Å². The van der Waals surface area contributed by atoms with Crippen molar-refractivity contribution in [3.8, 4) is 5.75 Å². The van der Waals surface area contributed by atoms with Gasteiger partial charge in [-0.1, -0.05) is 54.6 Å². The van der Waals surface area contributed by atoms with Gasteiger partial charge in [-0.2, -0.15) is 0 Å². The molecule has 0 atom stereocenters. The predicted octanol–water partition coefficient (Wildman–Crippen LogP) is 3.34. The summed E-state index contributed by atoms with van der Waals surface area (Å²) in [5.41, 5.74) is 4.11. The lowest BCUT2D eigenvalue weighted by atomic mass is 10.1. The van der Waals surface area contributed by atoms with Gasteiger partial charge in [-0.05, 0) is 34.7 Å². The maximum absolute atomic E-state index is 11.6. The number of hydrogen-bond acceptors (Lipinski definition) is 6. The smallest absolute Gasteiger partial charge is 0.274 e. The number of nitrogens with one attached hydrogen (secondary N) is 2. The summed E-state index contributed by atoms with van der Waals surface area (Å²) in [5, 5.41) is 14.6. The molecule has 0 bridgehead atoms. The molecular formula is C27H31N3O4. The Morgan fingerprint density at radius 3 is 2.59 bits per heavy atom. The van der Waals surface area contributed by atoms with Crippen molar-refractivity contribution in [2.24, 2.45) is 0 Å². The molecule has 3 N–H and O–H groups in total. The van der Waals surface area contributed by atoms with Gasteiger partial charge in [0.2, 0.25) is 0 Å². The SMILES string of the molecule is O=C(NO)c1ccc(/C=C(/CNCCN2CCOCC2)COc2cccc3ccccc23)cc1. The van der Waals surface area contributed by atoms with Gasteiger partial charge in [-0.25, -0.2) is 5.48 Å². The van der Waals surface area contributed by atoms with E-state index >= 15 is 0 Å². The van der Waals surface area contributed by atoms with Crippen LogP contribution in [-0.4, -0.2) is 68.6 Å². The molecule has 0 aliphatic carbocycles. The van der Waals surface area contributed by atoms with Crippen LogP contribution in [0.4, 0.5) is 0 Å². The van der Waals surface area contributed by atoms with Crippen LogP contribution in [0, 0.1) is 0 Å². The Morgan fingerprint density at radius 1 is 1.03 bits per heavy atom. The minimum absolute atomic E-state index is 0.400. The Bertz CT molecular complexity index is 1100. The number of rotatable bonds is 10. The highest BCUT2D eigenvalue weighted by atomic mass is 16.5. The Morgan fingerprint density at radius 2 is 1.79 bits per heavy atom. The maximum atomic E-state index is 11.6. The zero-order valence-electron chi connectivity index (χ0n) is 19.2. The Balaban J connectivity index is 1.43. The summed E-state index contributed by atoms with van der Waals surface area (Å²) >= 11 is 0. The first-order chi connectivity index (χ1) is 16.7. The third-order valence-electron chi connectivity index (χ3n) is 5.87. The van der Waals surface area contributed by atoms with E-state index in [2.05, 4.69) is 34.5 Å². The van der Waals surface area contributed by atoms with Gasteiger partial charge in [-0.3, -0.25) is 14.9 Å². The first-order valence-corrected chi connectivity index (χ1v) is 11.6. The Kier molecular flexibility index (Phi) is 8.65. The average Bonchev–Trinajstić information content (AvgIpc) is 2.90. The van der Waals surface area contributed by atoms with Gasteiger partial charge in [0, 0.05) is 43.7 Å². The average molecular weight is 462 g/mol. The van der Waals surface area contributed by atoms with Gasteiger partial charge < -0.3 is 14.8 Å². The molecule has 0 unspecified atom stereocenters. The van der Waals surface area contributed by atoms with Gasteiger partial charge in [0.15, 0.2) is 0 Å². The monoisotopic (exact) mass is 461 g/mol. The van der Waals surface area contributed by atoms with E-state index in [1.54, 1.807) is 17.6 Å². The number of hydrogen-bond donors (Lipinski definition) is 3. The second kappa shape index (κ2) is 12.3. The van der Waals surface area contributed by atoms with Crippen LogP contribution in [0.2, 0.25) is 0 Å². The highest BCUT2D eigenvalue weighted by Gasteiger charge is 2.10. The molecule has 0 spiro atoms. The molecule has 4 rings (SSSR count). The standard InChI is InChI=1S/C27H31N3O4/c31-27(29-32)24-10-8-21(9-11-24)18-22(19-28-12-13-30-14-16-33-17-15-30)20-34-26-7-3-5-23-4-1-2-6-25(23)26/h1-11,18,28,32H,12-17,19-20H2,(H,29,31)/b22-18-. The van der Waals surface area contributed by atoms with Crippen molar-refractivity contribution in [1.82, 2.24) is 15.7 Å². The summed E-state index contributed by atoms with van der Waals surface area (Å²) in [6.45, 7) is 6.53. The van der Waals surface area contributed by atoms with E-state index in [1.165, 1.54) is 0 Å². The molecule has 1 saturated heterocycles. The van der Waals surface area contributed by atoms with Gasteiger partial charge in [0.05, 0.1) is 13.2 Å². The summed E-state index contributed by atoms with van der Waals surface area (Å²) in [4.78, 5) is 14.0. The quantitative estimate of drug-likeness (QED) is 0.244. The van der Waals surface area contributed by atoms with Gasteiger partial charge in [-0.15, -0.1) is 0 Å². The van der Waals surface area contributed by atoms with Crippen LogP contribution in [-0.2, 0) is 4.74 Å². The molecule has 178 valence electrons. The number of nitrogens with zero attached hydrogens (tertiary/aromatic N) is 1. The van der Waals surface area contributed by atoms with Gasteiger partial charge in [0.25, 0.3) is 5.91 Å². The maximum Gasteiger partial charge on any atom is 0.274 e. The van der Waals surface area contributed by atoms with E-state index in [1.807, 2.05) is 36.4 Å². The fourth-order valence-electron chi connectivity index (χ4n) is 3.98. The molecule has 3 aromatic rings. The van der Waals surface area contributed by atoms with Crippen LogP contribution in [0.1, 0.15) is 15.9 Å². The van der Waals surface area contributed by atoms with Crippen LogP contribution in [0.25, 0.3) is 16.8 Å². The van der Waals surface area contributed by atoms with Crippen molar-refractivity contribution in [3.63, 3.8) is 0 Å². The fraction of sp³-hybridized carbons (Fsp3) is 0.296. The van der Waals surface area contributed by atoms with E-state index in [-0.39, 0.29) is 0 Å². The summed E-state index contributed by atoms with van der Waals surface area (Å²) in [5.74, 6) is 0.326. The van der Waals surface area contributed by atoms with Gasteiger partial charge in [0.1, 0.15) is 12.4 Å². The van der Waals surface area contributed by atoms with Crippen molar-refractivity contribution in [2.45, 2.75) is 0 Å². The number of hydroxylamine groups is 1. The molecule has 1 heterocycles. The molecule has 7 nitrogen and oxygen atoms in total. The van der Waals surface area contributed by atoms with Crippen molar-refractivity contribution in [2.75, 3.05) is 52.5 Å². The lowest BCUT2D eigenvalue weighted by Crippen LogP contribution is -2.40. The molecular weight excluding hydrogens is 430 g/mol. The molecule has 0 aromatic heterocycles. The number of fused-ring (bicyclic) bond motifs is 1. The highest BCUT2D eigenvalue weighted by Crippen LogP contribution is 2.25. The predicted molar refractivity (Wildman–Crippen MR) is 133 cm³/mol. The molecule has 1 fully saturated rings. The number of carbonyl (C=O) groups excluding carboxylic acids is 1. The van der Waals surface area contributed by atoms with E-state index in [9.17, 15) is 4.79 Å². The third-order valence-corrected chi connectivity index (χ3v) is 5.87. The molecule has 3 aromatic carbocycles. The Hall–Kier alpha value is -3.23. The molecule has 0 radical (unpaired) electrons. The largest absolute Gasteiger partial charge is 0.489 e. The van der Waals surface area contributed by atoms with Crippen LogP contribution in [0.15, 0.2) is 72.3 Å². The summed E-state index contributed by atoms with van der Waals surface area (Å²) < 4.78 is 11.7. The van der Waals surface area contributed by atoms with Gasteiger partial charge >= 0.3 is 0 Å². The van der Waals surface area contributed by atoms with Crippen molar-refractivity contribution in [3.05, 3.63) is 83.4 Å². The van der Waals surface area contributed by atoms with Crippen molar-refractivity contribution >= 4 is 22.8 Å². The molecule has 7 heteroatoms. The van der Waals surface area contributed by atoms with E-state index in [0.29, 0.717) is 18.7 Å². The van der Waals surface area contributed by atoms with Crippen molar-refractivity contribution < 1.29 is 19.5 Å². The number of carbonyl (C=O) groups is 1. The molecule has 1 aliphatic rings. The number of ether oxygens (including phenoxy) is 2. The zero-order chi connectivity index (χ0) is 23.6. The van der Waals surface area contributed by atoms with E-state index < -0.39 is 5.91 Å². The van der Waals surface area contributed by atoms with Crippen molar-refractivity contribution in [1.29, 1.82) is 0 Å². The Labute approximate surface area is 199 Å². The number of morpholine rings is 1. The molecule has 1 aliphatic heterocycles. The third kappa shape index (κ3) is 6.65. The zero-order valence-corrected chi connectivity index (χ0v) is 19.2. The van der Waals surface area contributed by atoms with E-state index in [4.69, 9.17) is 14.7 Å². The van der Waals surface area contributed by atoms with E-state index in [0.717, 1.165) is 67.1 Å². The summed E-state index contributed by atoms with van der Waals surface area (Å²) in [6, 6.07) is 21.4. The van der Waals surface area contributed by atoms with Crippen LogP contribution >= 0.6 is 0 Å². The highest BCUT2D eigenvalue weighted by molar-refractivity contribution is 5.93. The second-order valence-corrected chi connectivity index (χ2v) is 8.26. The summed E-state index contributed by atoms with van der Waals surface area (Å²) in [6.07, 6.45) is 2.08. The number of benzene rings is 3. The molecule has 34 heavy (non-hydrogen) atoms. The summed E-state index contributed by atoms with van der Waals surface area (Å²) in [7, 11) is 0. The first-order valence-electron chi connectivity index (χ1n) is 11.6. The second-order valence-electron chi connectivity index (χ2n) is 8.26. The normalized spacial score (nSPS) is 14.8.